The quantitative estimate of drug-likeness (QED) is 0.771. The van der Waals surface area contributed by atoms with Crippen molar-refractivity contribution in [3.05, 3.63) is 35.6 Å². The molecule has 0 radical (unpaired) electrons. The zero-order chi connectivity index (χ0) is 12.6. The summed E-state index contributed by atoms with van der Waals surface area (Å²) >= 11 is 0. The first kappa shape index (κ1) is 12.1. The molecule has 1 unspecified atom stereocenters. The number of hydrogen-bond acceptors (Lipinski definition) is 1. The van der Waals surface area contributed by atoms with E-state index >= 15 is 0 Å². The van der Waals surface area contributed by atoms with Gasteiger partial charge in [-0.05, 0) is 30.5 Å². The third kappa shape index (κ3) is 2.33. The Morgan fingerprint density at radius 3 is 2.41 bits per heavy atom. The number of likely N-dealkylation sites (tertiary alicyclic amines) is 1. The summed E-state index contributed by atoms with van der Waals surface area (Å²) in [5, 5.41) is 0. The molecule has 2 rings (SSSR count). The van der Waals surface area contributed by atoms with Crippen molar-refractivity contribution >= 4 is 5.91 Å². The SMILES string of the molecule is CN1C(=O)C(C)(C)CC1Cc1ccc(F)cc1. The Morgan fingerprint density at radius 2 is 1.94 bits per heavy atom. The lowest BCUT2D eigenvalue weighted by atomic mass is 9.88. The van der Waals surface area contributed by atoms with Crippen LogP contribution in [0.2, 0.25) is 0 Å². The predicted octanol–water partition coefficient (Wildman–Crippen LogP) is 2.63. The maximum atomic E-state index is 12.8. The van der Waals surface area contributed by atoms with Gasteiger partial charge in [0, 0.05) is 18.5 Å². The topological polar surface area (TPSA) is 20.3 Å². The Kier molecular flexibility index (Phi) is 2.94. The molecule has 1 aliphatic rings. The summed E-state index contributed by atoms with van der Waals surface area (Å²) in [6.45, 7) is 3.97. The molecule has 1 fully saturated rings. The molecule has 0 N–H and O–H groups in total. The fourth-order valence-electron chi connectivity index (χ4n) is 2.56. The summed E-state index contributed by atoms with van der Waals surface area (Å²) in [7, 11) is 1.85. The maximum absolute atomic E-state index is 12.8. The number of benzene rings is 1. The van der Waals surface area contributed by atoms with E-state index in [2.05, 4.69) is 0 Å². The molecule has 0 aromatic heterocycles. The minimum atomic E-state index is -0.264. The van der Waals surface area contributed by atoms with Crippen LogP contribution in [0, 0.1) is 11.2 Å². The summed E-state index contributed by atoms with van der Waals surface area (Å²) in [6, 6.07) is 6.75. The van der Waals surface area contributed by atoms with Crippen molar-refractivity contribution < 1.29 is 9.18 Å². The van der Waals surface area contributed by atoms with Crippen LogP contribution in [0.1, 0.15) is 25.8 Å². The van der Waals surface area contributed by atoms with Gasteiger partial charge in [0.05, 0.1) is 0 Å². The molecular formula is C14H18FNO. The van der Waals surface area contributed by atoms with Crippen LogP contribution in [0.5, 0.6) is 0 Å². The van der Waals surface area contributed by atoms with Crippen molar-refractivity contribution in [2.24, 2.45) is 5.41 Å². The van der Waals surface area contributed by atoms with E-state index in [4.69, 9.17) is 0 Å². The number of likely N-dealkylation sites (N-methyl/N-ethyl adjacent to an activating group) is 1. The van der Waals surface area contributed by atoms with E-state index in [0.717, 1.165) is 18.4 Å². The third-order valence-electron chi connectivity index (χ3n) is 3.58. The van der Waals surface area contributed by atoms with E-state index < -0.39 is 0 Å². The molecule has 1 aliphatic heterocycles. The van der Waals surface area contributed by atoms with Crippen LogP contribution in [-0.4, -0.2) is 23.9 Å². The summed E-state index contributed by atoms with van der Waals surface area (Å²) in [6.07, 6.45) is 1.66. The monoisotopic (exact) mass is 235 g/mol. The molecule has 0 aliphatic carbocycles. The second kappa shape index (κ2) is 4.13. The van der Waals surface area contributed by atoms with E-state index in [1.54, 1.807) is 12.1 Å². The lowest BCUT2D eigenvalue weighted by Gasteiger charge is -2.19. The van der Waals surface area contributed by atoms with Crippen molar-refractivity contribution in [3.8, 4) is 0 Å². The van der Waals surface area contributed by atoms with Crippen molar-refractivity contribution in [2.75, 3.05) is 7.05 Å². The molecule has 0 saturated carbocycles. The molecule has 0 bridgehead atoms. The second-order valence-electron chi connectivity index (χ2n) is 5.49. The van der Waals surface area contributed by atoms with Gasteiger partial charge in [-0.15, -0.1) is 0 Å². The van der Waals surface area contributed by atoms with Crippen LogP contribution >= 0.6 is 0 Å². The lowest BCUT2D eigenvalue weighted by molar-refractivity contribution is -0.134. The van der Waals surface area contributed by atoms with E-state index in [9.17, 15) is 9.18 Å². The Morgan fingerprint density at radius 1 is 1.35 bits per heavy atom. The first-order valence-electron chi connectivity index (χ1n) is 5.92. The molecule has 2 nitrogen and oxygen atoms in total. The van der Waals surface area contributed by atoms with Gasteiger partial charge in [-0.25, -0.2) is 4.39 Å². The molecule has 1 atom stereocenters. The average molecular weight is 235 g/mol. The molecule has 1 aromatic carbocycles. The predicted molar refractivity (Wildman–Crippen MR) is 65.1 cm³/mol. The van der Waals surface area contributed by atoms with Crippen molar-refractivity contribution in [1.82, 2.24) is 4.90 Å². The van der Waals surface area contributed by atoms with Crippen LogP contribution < -0.4 is 0 Å². The molecule has 1 amide bonds. The minimum absolute atomic E-state index is 0.199. The molecule has 3 heteroatoms. The summed E-state index contributed by atoms with van der Waals surface area (Å²) < 4.78 is 12.8. The molecule has 1 saturated heterocycles. The Bertz CT molecular complexity index is 424. The van der Waals surface area contributed by atoms with Gasteiger partial charge in [0.1, 0.15) is 5.82 Å². The third-order valence-corrected chi connectivity index (χ3v) is 3.58. The number of hydrogen-bond donors (Lipinski definition) is 0. The average Bonchev–Trinajstić information content (AvgIpc) is 2.46. The minimum Gasteiger partial charge on any atom is -0.342 e. The molecule has 17 heavy (non-hydrogen) atoms. The van der Waals surface area contributed by atoms with Crippen molar-refractivity contribution in [2.45, 2.75) is 32.7 Å². The van der Waals surface area contributed by atoms with Crippen LogP contribution in [0.3, 0.4) is 0 Å². The number of rotatable bonds is 2. The van der Waals surface area contributed by atoms with Crippen LogP contribution in [0.4, 0.5) is 4.39 Å². The number of carbonyl (C=O) groups is 1. The molecule has 1 aromatic rings. The van der Waals surface area contributed by atoms with Crippen LogP contribution in [-0.2, 0) is 11.2 Å². The molecule has 1 heterocycles. The normalized spacial score (nSPS) is 23.2. The Hall–Kier alpha value is -1.38. The van der Waals surface area contributed by atoms with E-state index in [-0.39, 0.29) is 23.2 Å². The summed E-state index contributed by atoms with van der Waals surface area (Å²) in [5.41, 5.74) is 0.813. The van der Waals surface area contributed by atoms with Crippen molar-refractivity contribution in [1.29, 1.82) is 0 Å². The fraction of sp³-hybridized carbons (Fsp3) is 0.500. The van der Waals surface area contributed by atoms with Gasteiger partial charge in [-0.2, -0.15) is 0 Å². The van der Waals surface area contributed by atoms with Gasteiger partial charge in [0.2, 0.25) is 5.91 Å². The van der Waals surface area contributed by atoms with Crippen LogP contribution in [0.25, 0.3) is 0 Å². The number of halogens is 1. The lowest BCUT2D eigenvalue weighted by Crippen LogP contribution is -2.32. The summed E-state index contributed by atoms with van der Waals surface area (Å²) in [4.78, 5) is 13.8. The van der Waals surface area contributed by atoms with Gasteiger partial charge in [0.25, 0.3) is 0 Å². The zero-order valence-electron chi connectivity index (χ0n) is 10.5. The van der Waals surface area contributed by atoms with Gasteiger partial charge in [-0.3, -0.25) is 4.79 Å². The first-order chi connectivity index (χ1) is 7.90. The highest BCUT2D eigenvalue weighted by Crippen LogP contribution is 2.35. The summed E-state index contributed by atoms with van der Waals surface area (Å²) in [5.74, 6) is -0.0189. The fourth-order valence-corrected chi connectivity index (χ4v) is 2.56. The molecular weight excluding hydrogens is 217 g/mol. The molecule has 0 spiro atoms. The largest absolute Gasteiger partial charge is 0.342 e. The van der Waals surface area contributed by atoms with Gasteiger partial charge < -0.3 is 4.90 Å². The Labute approximate surface area is 101 Å². The first-order valence-corrected chi connectivity index (χ1v) is 5.92. The van der Waals surface area contributed by atoms with Crippen molar-refractivity contribution in [3.63, 3.8) is 0 Å². The van der Waals surface area contributed by atoms with E-state index in [1.165, 1.54) is 12.1 Å². The highest BCUT2D eigenvalue weighted by Gasteiger charge is 2.42. The van der Waals surface area contributed by atoms with Crippen LogP contribution in [0.15, 0.2) is 24.3 Å². The highest BCUT2D eigenvalue weighted by atomic mass is 19.1. The van der Waals surface area contributed by atoms with Gasteiger partial charge in [0.15, 0.2) is 0 Å². The number of nitrogens with zero attached hydrogens (tertiary/aromatic N) is 1. The second-order valence-corrected chi connectivity index (χ2v) is 5.49. The molecule has 92 valence electrons. The van der Waals surface area contributed by atoms with Gasteiger partial charge in [-0.1, -0.05) is 26.0 Å². The smallest absolute Gasteiger partial charge is 0.228 e. The van der Waals surface area contributed by atoms with Gasteiger partial charge >= 0.3 is 0 Å². The maximum Gasteiger partial charge on any atom is 0.228 e. The standard InChI is InChI=1S/C14H18FNO/c1-14(2)9-12(16(3)13(14)17)8-10-4-6-11(15)7-5-10/h4-7,12H,8-9H2,1-3H3. The zero-order valence-corrected chi connectivity index (χ0v) is 10.5. The van der Waals surface area contributed by atoms with E-state index in [0.29, 0.717) is 0 Å². The Balaban J connectivity index is 2.10. The number of amides is 1. The van der Waals surface area contributed by atoms with E-state index in [1.807, 2.05) is 25.8 Å². The highest BCUT2D eigenvalue weighted by molar-refractivity contribution is 5.84. The number of carbonyl (C=O) groups excluding carboxylic acids is 1.